The second kappa shape index (κ2) is 6.01. The molecule has 0 unspecified atom stereocenters. The number of hydrogen-bond acceptors (Lipinski definition) is 3. The Kier molecular flexibility index (Phi) is 3.31. The predicted molar refractivity (Wildman–Crippen MR) is 129 cm³/mol. The molecule has 0 aliphatic heterocycles. The third kappa shape index (κ3) is 2.04. The van der Waals surface area contributed by atoms with Gasteiger partial charge in [-0.2, -0.15) is 0 Å². The quantitative estimate of drug-likeness (QED) is 0.313. The zero-order valence-corrected chi connectivity index (χ0v) is 17.9. The summed E-state index contributed by atoms with van der Waals surface area (Å²) < 4.78 is 2.22. The Morgan fingerprint density at radius 2 is 1.38 bits per heavy atom. The Balaban J connectivity index is 1.86. The smallest absolute Gasteiger partial charge is 0.237 e. The van der Waals surface area contributed by atoms with Crippen molar-refractivity contribution in [1.29, 1.82) is 0 Å². The summed E-state index contributed by atoms with van der Waals surface area (Å²) in [7, 11) is 0. The molecule has 1 aliphatic carbocycles. The molecule has 0 saturated carbocycles. The van der Waals surface area contributed by atoms with Crippen LogP contribution in [0.3, 0.4) is 0 Å². The molecule has 0 saturated heterocycles. The van der Waals surface area contributed by atoms with E-state index in [1.54, 1.807) is 12.7 Å². The van der Waals surface area contributed by atoms with Crippen molar-refractivity contribution in [2.75, 3.05) is 0 Å². The summed E-state index contributed by atoms with van der Waals surface area (Å²) in [5.41, 5.74) is 7.48. The van der Waals surface area contributed by atoms with Crippen molar-refractivity contribution in [2.24, 2.45) is 0 Å². The van der Waals surface area contributed by atoms with Gasteiger partial charge in [-0.25, -0.2) is 15.0 Å². The number of benzene rings is 4. The van der Waals surface area contributed by atoms with Gasteiger partial charge < -0.3 is 0 Å². The fourth-order valence-corrected chi connectivity index (χ4v) is 5.77. The zero-order chi connectivity index (χ0) is 21.4. The van der Waals surface area contributed by atoms with E-state index in [0.717, 1.165) is 5.52 Å². The van der Waals surface area contributed by atoms with Crippen molar-refractivity contribution in [3.8, 4) is 17.1 Å². The third-order valence-corrected chi connectivity index (χ3v) is 7.00. The van der Waals surface area contributed by atoms with E-state index >= 15 is 0 Å². The fraction of sp³-hybridized carbons (Fsp3) is 0.107. The number of rotatable bonds is 1. The molecule has 4 aromatic carbocycles. The Bertz CT molecular complexity index is 1690. The molecule has 0 atom stereocenters. The van der Waals surface area contributed by atoms with Gasteiger partial charge in [-0.05, 0) is 33.5 Å². The van der Waals surface area contributed by atoms with Crippen LogP contribution in [0, 0.1) is 0 Å². The maximum atomic E-state index is 4.56. The lowest BCUT2D eigenvalue weighted by molar-refractivity contribution is 0.666. The van der Waals surface area contributed by atoms with E-state index < -0.39 is 0 Å². The van der Waals surface area contributed by atoms with Gasteiger partial charge in [0.1, 0.15) is 12.7 Å². The second-order valence-electron chi connectivity index (χ2n) is 8.98. The number of nitrogens with zero attached hydrogens (tertiary/aromatic N) is 4. The average molecular weight is 412 g/mol. The maximum absolute atomic E-state index is 4.56. The highest BCUT2D eigenvalue weighted by Crippen LogP contribution is 2.55. The molecule has 32 heavy (non-hydrogen) atoms. The van der Waals surface area contributed by atoms with Crippen LogP contribution in [-0.4, -0.2) is 19.5 Å². The van der Waals surface area contributed by atoms with Crippen LogP contribution in [0.15, 0.2) is 85.5 Å². The lowest BCUT2D eigenvalue weighted by atomic mass is 9.79. The number of para-hydroxylation sites is 1. The van der Waals surface area contributed by atoms with E-state index in [2.05, 4.69) is 106 Å². The van der Waals surface area contributed by atoms with Gasteiger partial charge in [0.2, 0.25) is 5.95 Å². The van der Waals surface area contributed by atoms with Crippen LogP contribution in [0.25, 0.3) is 49.7 Å². The summed E-state index contributed by atoms with van der Waals surface area (Å²) in [6.07, 6.45) is 3.14. The van der Waals surface area contributed by atoms with Crippen molar-refractivity contribution < 1.29 is 0 Å². The van der Waals surface area contributed by atoms with E-state index in [0.29, 0.717) is 5.95 Å². The van der Waals surface area contributed by atoms with Gasteiger partial charge in [0.05, 0.1) is 11.0 Å². The summed E-state index contributed by atoms with van der Waals surface area (Å²) in [5.74, 6) is 0.644. The standard InChI is InChI=1S/C28H20N4/c1-28(2)21-13-7-5-11-19(21)24-25(28)18-10-4-3-9-17(18)23-20-12-6-8-14-22(20)32(26(23)24)27-30-15-29-16-31-27/h3-16H,1-2H3. The Morgan fingerprint density at radius 3 is 2.19 bits per heavy atom. The largest absolute Gasteiger partial charge is 0.277 e. The fourth-order valence-electron chi connectivity index (χ4n) is 5.77. The van der Waals surface area contributed by atoms with Crippen LogP contribution in [0.1, 0.15) is 25.0 Å². The summed E-state index contributed by atoms with van der Waals surface area (Å²) in [6.45, 7) is 4.68. The summed E-state index contributed by atoms with van der Waals surface area (Å²) in [4.78, 5) is 13.2. The first-order chi connectivity index (χ1) is 15.7. The lowest BCUT2D eigenvalue weighted by Crippen LogP contribution is -2.15. The van der Waals surface area contributed by atoms with Crippen LogP contribution in [0.2, 0.25) is 0 Å². The summed E-state index contributed by atoms with van der Waals surface area (Å²) in [6, 6.07) is 26.2. The minimum Gasteiger partial charge on any atom is -0.277 e. The van der Waals surface area contributed by atoms with Gasteiger partial charge >= 0.3 is 0 Å². The van der Waals surface area contributed by atoms with E-state index in [-0.39, 0.29) is 5.41 Å². The molecule has 0 amide bonds. The molecular weight excluding hydrogens is 392 g/mol. The van der Waals surface area contributed by atoms with E-state index in [1.807, 2.05) is 0 Å². The van der Waals surface area contributed by atoms with Gasteiger partial charge in [0.15, 0.2) is 0 Å². The molecule has 0 N–H and O–H groups in total. The molecule has 1 aliphatic rings. The molecular formula is C28H20N4. The lowest BCUT2D eigenvalue weighted by Gasteiger charge is -2.23. The molecule has 0 fully saturated rings. The number of hydrogen-bond donors (Lipinski definition) is 0. The maximum Gasteiger partial charge on any atom is 0.237 e. The summed E-state index contributed by atoms with van der Waals surface area (Å²) >= 11 is 0. The average Bonchev–Trinajstić information content (AvgIpc) is 3.30. The number of fused-ring (bicyclic) bond motifs is 10. The Labute approximate surface area is 185 Å². The van der Waals surface area contributed by atoms with E-state index in [9.17, 15) is 0 Å². The van der Waals surface area contributed by atoms with Gasteiger partial charge in [-0.1, -0.05) is 80.6 Å². The highest BCUT2D eigenvalue weighted by atomic mass is 15.2. The van der Waals surface area contributed by atoms with Gasteiger partial charge in [-0.15, -0.1) is 0 Å². The Morgan fingerprint density at radius 1 is 0.719 bits per heavy atom. The Hall–Kier alpha value is -4.05. The highest BCUT2D eigenvalue weighted by molar-refractivity contribution is 6.27. The molecule has 4 nitrogen and oxygen atoms in total. The zero-order valence-electron chi connectivity index (χ0n) is 17.9. The molecule has 0 bridgehead atoms. The monoisotopic (exact) mass is 412 g/mol. The van der Waals surface area contributed by atoms with Crippen LogP contribution in [0.5, 0.6) is 0 Å². The molecule has 2 heterocycles. The molecule has 4 heteroatoms. The first kappa shape index (κ1) is 17.6. The predicted octanol–water partition coefficient (Wildman–Crippen LogP) is 6.43. The second-order valence-corrected chi connectivity index (χ2v) is 8.98. The van der Waals surface area contributed by atoms with E-state index in [1.165, 1.54) is 49.3 Å². The van der Waals surface area contributed by atoms with Crippen LogP contribution >= 0.6 is 0 Å². The molecule has 6 aromatic rings. The van der Waals surface area contributed by atoms with Crippen molar-refractivity contribution in [1.82, 2.24) is 19.5 Å². The molecule has 2 aromatic heterocycles. The van der Waals surface area contributed by atoms with Gasteiger partial charge in [-0.3, -0.25) is 4.57 Å². The van der Waals surface area contributed by atoms with Crippen molar-refractivity contribution in [2.45, 2.75) is 19.3 Å². The van der Waals surface area contributed by atoms with Crippen LogP contribution in [-0.2, 0) is 5.41 Å². The number of aromatic nitrogens is 4. The first-order valence-corrected chi connectivity index (χ1v) is 10.9. The van der Waals surface area contributed by atoms with Crippen LogP contribution < -0.4 is 0 Å². The topological polar surface area (TPSA) is 43.6 Å². The first-order valence-electron chi connectivity index (χ1n) is 10.9. The van der Waals surface area contributed by atoms with Crippen molar-refractivity contribution in [3.63, 3.8) is 0 Å². The summed E-state index contributed by atoms with van der Waals surface area (Å²) in [5, 5.41) is 5.05. The molecule has 0 spiro atoms. The van der Waals surface area contributed by atoms with Crippen molar-refractivity contribution >= 4 is 32.6 Å². The van der Waals surface area contributed by atoms with E-state index in [4.69, 9.17) is 0 Å². The normalized spacial score (nSPS) is 14.2. The SMILES string of the molecule is CC1(C)c2ccccc2-c2c1c1ccccc1c1c3ccccc3n(-c3ncncn3)c21. The highest BCUT2D eigenvalue weighted by Gasteiger charge is 2.39. The molecule has 152 valence electrons. The minimum absolute atomic E-state index is 0.111. The molecule has 7 rings (SSSR count). The van der Waals surface area contributed by atoms with Crippen LogP contribution in [0.4, 0.5) is 0 Å². The van der Waals surface area contributed by atoms with Gasteiger partial charge in [0, 0.05) is 21.8 Å². The minimum atomic E-state index is -0.111. The molecule has 0 radical (unpaired) electrons. The third-order valence-electron chi connectivity index (χ3n) is 7.00. The van der Waals surface area contributed by atoms with Gasteiger partial charge in [0.25, 0.3) is 0 Å². The van der Waals surface area contributed by atoms with Crippen molar-refractivity contribution in [3.05, 3.63) is 96.6 Å².